The number of hydrogen-bond donors (Lipinski definition) is 1. The Balaban J connectivity index is 2.33. The van der Waals surface area contributed by atoms with E-state index in [1.165, 1.54) is 0 Å². The molecular formula is C14H22N4O2. The predicted octanol–water partition coefficient (Wildman–Crippen LogP) is 1.83. The van der Waals surface area contributed by atoms with Crippen molar-refractivity contribution in [3.8, 4) is 0 Å². The Morgan fingerprint density at radius 2 is 1.95 bits per heavy atom. The Kier molecular flexibility index (Phi) is 4.87. The van der Waals surface area contributed by atoms with Crippen LogP contribution in [-0.4, -0.2) is 38.8 Å². The Labute approximate surface area is 119 Å². The Bertz CT molecular complexity index is 478. The molecule has 1 aliphatic rings. The molecular weight excluding hydrogens is 256 g/mol. The molecule has 6 heteroatoms. The molecule has 0 aliphatic carbocycles. The zero-order chi connectivity index (χ0) is 14.5. The first-order valence-corrected chi connectivity index (χ1v) is 7.39. The molecule has 0 aromatic carbocycles. The average Bonchev–Trinajstić information content (AvgIpc) is 2.72. The van der Waals surface area contributed by atoms with E-state index in [4.69, 9.17) is 0 Å². The van der Waals surface area contributed by atoms with Crippen molar-refractivity contribution in [3.63, 3.8) is 0 Å². The maximum atomic E-state index is 11.5. The Morgan fingerprint density at radius 1 is 1.20 bits per heavy atom. The lowest BCUT2D eigenvalue weighted by Gasteiger charge is -2.26. The topological polar surface area (TPSA) is 79.2 Å². The number of aromatic nitrogens is 3. The van der Waals surface area contributed by atoms with Crippen molar-refractivity contribution in [1.29, 1.82) is 0 Å². The molecule has 2 rings (SSSR count). The number of aryl methyl sites for hydroxylation is 2. The van der Waals surface area contributed by atoms with Gasteiger partial charge in [-0.15, -0.1) is 5.10 Å². The molecule has 1 N–H and O–H groups in total. The maximum absolute atomic E-state index is 11.5. The van der Waals surface area contributed by atoms with Gasteiger partial charge < -0.3 is 10.0 Å². The summed E-state index contributed by atoms with van der Waals surface area (Å²) < 4.78 is 0. The van der Waals surface area contributed by atoms with Crippen molar-refractivity contribution < 1.29 is 9.90 Å². The largest absolute Gasteiger partial charge is 0.480 e. The lowest BCUT2D eigenvalue weighted by Crippen LogP contribution is -2.42. The summed E-state index contributed by atoms with van der Waals surface area (Å²) in [6.07, 6.45) is 5.21. The van der Waals surface area contributed by atoms with Crippen LogP contribution in [0, 0.1) is 0 Å². The van der Waals surface area contributed by atoms with E-state index in [0.717, 1.165) is 43.5 Å². The molecule has 0 radical (unpaired) electrons. The van der Waals surface area contributed by atoms with Crippen LogP contribution in [0.4, 0.5) is 5.95 Å². The van der Waals surface area contributed by atoms with Crippen LogP contribution >= 0.6 is 0 Å². The smallest absolute Gasteiger partial charge is 0.326 e. The third kappa shape index (κ3) is 3.05. The van der Waals surface area contributed by atoms with Crippen LogP contribution in [0.5, 0.6) is 0 Å². The van der Waals surface area contributed by atoms with Gasteiger partial charge in [0.25, 0.3) is 0 Å². The normalized spacial score (nSPS) is 19.7. The Hall–Kier alpha value is -1.72. The van der Waals surface area contributed by atoms with Crippen LogP contribution in [0.3, 0.4) is 0 Å². The first-order valence-electron chi connectivity index (χ1n) is 7.39. The van der Waals surface area contributed by atoms with Crippen LogP contribution in [0.25, 0.3) is 0 Å². The second-order valence-electron chi connectivity index (χ2n) is 5.11. The minimum atomic E-state index is -0.798. The van der Waals surface area contributed by atoms with Crippen LogP contribution < -0.4 is 4.90 Å². The van der Waals surface area contributed by atoms with E-state index < -0.39 is 12.0 Å². The summed E-state index contributed by atoms with van der Waals surface area (Å²) in [6.45, 7) is 4.74. The number of aliphatic carboxylic acids is 1. The first-order chi connectivity index (χ1) is 9.67. The molecule has 1 fully saturated rings. The average molecular weight is 278 g/mol. The minimum Gasteiger partial charge on any atom is -0.480 e. The zero-order valence-electron chi connectivity index (χ0n) is 12.2. The van der Waals surface area contributed by atoms with Crippen LogP contribution in [0.15, 0.2) is 0 Å². The fourth-order valence-corrected chi connectivity index (χ4v) is 2.65. The van der Waals surface area contributed by atoms with Crippen molar-refractivity contribution >= 4 is 11.9 Å². The summed E-state index contributed by atoms with van der Waals surface area (Å²) in [5, 5.41) is 17.8. The van der Waals surface area contributed by atoms with Gasteiger partial charge in [-0.2, -0.15) is 5.10 Å². The van der Waals surface area contributed by atoms with Gasteiger partial charge in [-0.25, -0.2) is 9.78 Å². The van der Waals surface area contributed by atoms with Crippen molar-refractivity contribution in [2.45, 2.75) is 58.4 Å². The molecule has 0 saturated carbocycles. The fourth-order valence-electron chi connectivity index (χ4n) is 2.65. The molecule has 0 amide bonds. The number of carbonyl (C=O) groups is 1. The van der Waals surface area contributed by atoms with Gasteiger partial charge in [0.1, 0.15) is 6.04 Å². The van der Waals surface area contributed by atoms with E-state index in [1.807, 2.05) is 13.8 Å². The van der Waals surface area contributed by atoms with Gasteiger partial charge in [-0.3, -0.25) is 0 Å². The summed E-state index contributed by atoms with van der Waals surface area (Å²) in [7, 11) is 0. The summed E-state index contributed by atoms with van der Waals surface area (Å²) in [5.74, 6) is -0.332. The van der Waals surface area contributed by atoms with E-state index in [1.54, 1.807) is 4.90 Å². The van der Waals surface area contributed by atoms with Crippen molar-refractivity contribution in [3.05, 3.63) is 11.4 Å². The summed E-state index contributed by atoms with van der Waals surface area (Å²) >= 11 is 0. The van der Waals surface area contributed by atoms with E-state index in [0.29, 0.717) is 18.9 Å². The number of nitrogens with zero attached hydrogens (tertiary/aromatic N) is 4. The molecule has 1 saturated heterocycles. The minimum absolute atomic E-state index is 0.466. The highest BCUT2D eigenvalue weighted by molar-refractivity contribution is 5.77. The number of anilines is 1. The number of hydrogen-bond acceptors (Lipinski definition) is 5. The Morgan fingerprint density at radius 3 is 2.60 bits per heavy atom. The first kappa shape index (κ1) is 14.7. The van der Waals surface area contributed by atoms with Crippen LogP contribution in [0.1, 0.15) is 50.9 Å². The van der Waals surface area contributed by atoms with E-state index in [2.05, 4.69) is 15.2 Å². The van der Waals surface area contributed by atoms with Crippen LogP contribution in [-0.2, 0) is 17.6 Å². The van der Waals surface area contributed by atoms with Gasteiger partial charge in [0.15, 0.2) is 0 Å². The standard InChI is InChI=1S/C14H22N4O2/c1-3-10-11(4-2)16-17-14(15-10)18-9-7-5-6-8-12(18)13(19)20/h12H,3-9H2,1-2H3,(H,19,20). The second-order valence-corrected chi connectivity index (χ2v) is 5.11. The van der Waals surface area contributed by atoms with E-state index in [-0.39, 0.29) is 0 Å². The zero-order valence-corrected chi connectivity index (χ0v) is 12.2. The number of carboxylic acid groups (broad SMARTS) is 1. The van der Waals surface area contributed by atoms with E-state index >= 15 is 0 Å². The molecule has 2 heterocycles. The third-order valence-electron chi connectivity index (χ3n) is 3.79. The molecule has 0 spiro atoms. The molecule has 20 heavy (non-hydrogen) atoms. The van der Waals surface area contributed by atoms with E-state index in [9.17, 15) is 9.90 Å². The second kappa shape index (κ2) is 6.63. The highest BCUT2D eigenvalue weighted by atomic mass is 16.4. The molecule has 1 unspecified atom stereocenters. The molecule has 6 nitrogen and oxygen atoms in total. The van der Waals surface area contributed by atoms with Gasteiger partial charge in [0.05, 0.1) is 11.4 Å². The number of rotatable bonds is 4. The summed E-state index contributed by atoms with van der Waals surface area (Å²) in [5.41, 5.74) is 1.82. The third-order valence-corrected chi connectivity index (χ3v) is 3.79. The van der Waals surface area contributed by atoms with Gasteiger partial charge in [-0.05, 0) is 25.7 Å². The molecule has 0 bridgehead atoms. The van der Waals surface area contributed by atoms with Gasteiger partial charge in [0, 0.05) is 6.54 Å². The number of carboxylic acids is 1. The SMILES string of the molecule is CCc1nnc(N2CCCCCC2C(=O)O)nc1CC. The summed E-state index contributed by atoms with van der Waals surface area (Å²) in [4.78, 5) is 17.8. The molecule has 110 valence electrons. The quantitative estimate of drug-likeness (QED) is 0.905. The van der Waals surface area contributed by atoms with Gasteiger partial charge >= 0.3 is 5.97 Å². The van der Waals surface area contributed by atoms with Gasteiger partial charge in [0.2, 0.25) is 5.95 Å². The van der Waals surface area contributed by atoms with Crippen molar-refractivity contribution in [1.82, 2.24) is 15.2 Å². The van der Waals surface area contributed by atoms with Gasteiger partial charge in [-0.1, -0.05) is 26.7 Å². The predicted molar refractivity (Wildman–Crippen MR) is 75.8 cm³/mol. The summed E-state index contributed by atoms with van der Waals surface area (Å²) in [6, 6.07) is -0.531. The molecule has 1 aliphatic heterocycles. The highest BCUT2D eigenvalue weighted by Gasteiger charge is 2.29. The lowest BCUT2D eigenvalue weighted by atomic mass is 10.1. The molecule has 1 aromatic rings. The fraction of sp³-hybridized carbons (Fsp3) is 0.714. The maximum Gasteiger partial charge on any atom is 0.326 e. The van der Waals surface area contributed by atoms with Crippen molar-refractivity contribution in [2.75, 3.05) is 11.4 Å². The molecule has 1 aromatic heterocycles. The van der Waals surface area contributed by atoms with Crippen molar-refractivity contribution in [2.24, 2.45) is 0 Å². The van der Waals surface area contributed by atoms with Crippen LogP contribution in [0.2, 0.25) is 0 Å². The monoisotopic (exact) mass is 278 g/mol. The molecule has 1 atom stereocenters. The highest BCUT2D eigenvalue weighted by Crippen LogP contribution is 2.22. The lowest BCUT2D eigenvalue weighted by molar-refractivity contribution is -0.138.